The normalized spacial score (nSPS) is 15.2. The Morgan fingerprint density at radius 1 is 0.842 bits per heavy atom. The lowest BCUT2D eigenvalue weighted by Crippen LogP contribution is -2.11. The van der Waals surface area contributed by atoms with E-state index in [1.165, 1.54) is 5.56 Å². The van der Waals surface area contributed by atoms with E-state index < -0.39 is 0 Å². The zero-order valence-corrected chi connectivity index (χ0v) is 10.8. The van der Waals surface area contributed by atoms with Crippen LogP contribution < -0.4 is 14.2 Å². The van der Waals surface area contributed by atoms with E-state index in [9.17, 15) is 0 Å². The van der Waals surface area contributed by atoms with E-state index in [1.54, 1.807) is 0 Å². The van der Waals surface area contributed by atoms with Crippen LogP contribution in [0.3, 0.4) is 0 Å². The van der Waals surface area contributed by atoms with Gasteiger partial charge in [0.05, 0.1) is 6.61 Å². The summed E-state index contributed by atoms with van der Waals surface area (Å²) >= 11 is 0. The minimum atomic E-state index is -0.127. The molecule has 19 heavy (non-hydrogen) atoms. The van der Waals surface area contributed by atoms with Crippen LogP contribution in [0.25, 0.3) is 0 Å². The Bertz CT molecular complexity index is 517. The molecule has 0 unspecified atom stereocenters. The maximum Gasteiger partial charge on any atom is 0.238 e. The Morgan fingerprint density at radius 2 is 1.42 bits per heavy atom. The summed E-state index contributed by atoms with van der Waals surface area (Å²) in [5.41, 5.74) is 1.34. The number of hydrogen-bond donors (Lipinski definition) is 0. The molecule has 2 aromatic rings. The largest absolute Gasteiger partial charge is 0.493 e. The van der Waals surface area contributed by atoms with Gasteiger partial charge in [0.2, 0.25) is 6.29 Å². The van der Waals surface area contributed by atoms with Crippen molar-refractivity contribution in [2.24, 2.45) is 0 Å². The Kier molecular flexibility index (Phi) is 3.27. The molecular formula is C16H16O3. The predicted octanol–water partition coefficient (Wildman–Crippen LogP) is 3.43. The van der Waals surface area contributed by atoms with Gasteiger partial charge in [-0.2, -0.15) is 0 Å². The molecule has 0 amide bonds. The number of fused-ring (bicyclic) bond motifs is 2. The van der Waals surface area contributed by atoms with Crippen molar-refractivity contribution in [3.05, 3.63) is 54.1 Å². The van der Waals surface area contributed by atoms with Crippen molar-refractivity contribution in [1.82, 2.24) is 0 Å². The van der Waals surface area contributed by atoms with Crippen LogP contribution in [0.1, 0.15) is 12.5 Å². The summed E-state index contributed by atoms with van der Waals surface area (Å²) in [6.45, 7) is 2.74. The molecule has 0 aromatic heterocycles. The maximum atomic E-state index is 5.30. The Morgan fingerprint density at radius 3 is 2.05 bits per heavy atom. The molecule has 2 aromatic carbocycles. The highest BCUT2D eigenvalue weighted by Gasteiger charge is 2.17. The number of para-hydroxylation sites is 3. The van der Waals surface area contributed by atoms with Gasteiger partial charge in [-0.15, -0.1) is 0 Å². The first-order valence-electron chi connectivity index (χ1n) is 6.46. The second-order valence-electron chi connectivity index (χ2n) is 4.46. The Balaban J connectivity index is 0.000000117. The van der Waals surface area contributed by atoms with E-state index in [0.29, 0.717) is 0 Å². The SMILES string of the molecule is CC1Oc2ccccc2O1.c1ccc2c(c1)CCO2. The number of hydrogen-bond acceptors (Lipinski definition) is 3. The van der Waals surface area contributed by atoms with Crippen LogP contribution in [-0.4, -0.2) is 12.9 Å². The van der Waals surface area contributed by atoms with E-state index in [2.05, 4.69) is 6.07 Å². The molecular weight excluding hydrogens is 240 g/mol. The van der Waals surface area contributed by atoms with Gasteiger partial charge in [-0.25, -0.2) is 0 Å². The van der Waals surface area contributed by atoms with Gasteiger partial charge >= 0.3 is 0 Å². The molecule has 2 aliphatic heterocycles. The van der Waals surface area contributed by atoms with Crippen molar-refractivity contribution in [3.63, 3.8) is 0 Å². The lowest BCUT2D eigenvalue weighted by atomic mass is 10.2. The van der Waals surface area contributed by atoms with Crippen molar-refractivity contribution < 1.29 is 14.2 Å². The monoisotopic (exact) mass is 256 g/mol. The third-order valence-corrected chi connectivity index (χ3v) is 3.04. The summed E-state index contributed by atoms with van der Waals surface area (Å²) < 4.78 is 15.9. The number of rotatable bonds is 0. The number of benzene rings is 2. The van der Waals surface area contributed by atoms with Crippen LogP contribution in [0, 0.1) is 0 Å². The van der Waals surface area contributed by atoms with Crippen LogP contribution in [0.4, 0.5) is 0 Å². The molecule has 2 aliphatic rings. The topological polar surface area (TPSA) is 27.7 Å². The van der Waals surface area contributed by atoms with Crippen molar-refractivity contribution in [1.29, 1.82) is 0 Å². The van der Waals surface area contributed by atoms with Gasteiger partial charge < -0.3 is 14.2 Å². The highest BCUT2D eigenvalue weighted by atomic mass is 16.7. The molecule has 2 heterocycles. The van der Waals surface area contributed by atoms with Gasteiger partial charge in [-0.05, 0) is 23.8 Å². The van der Waals surface area contributed by atoms with Gasteiger partial charge in [0, 0.05) is 13.3 Å². The predicted molar refractivity (Wildman–Crippen MR) is 72.8 cm³/mol. The fourth-order valence-electron chi connectivity index (χ4n) is 2.15. The summed E-state index contributed by atoms with van der Waals surface area (Å²) in [7, 11) is 0. The van der Waals surface area contributed by atoms with Crippen LogP contribution in [0.5, 0.6) is 17.2 Å². The molecule has 0 N–H and O–H groups in total. The summed E-state index contributed by atoms with van der Waals surface area (Å²) in [5.74, 6) is 2.75. The molecule has 3 nitrogen and oxygen atoms in total. The van der Waals surface area contributed by atoms with E-state index >= 15 is 0 Å². The summed E-state index contributed by atoms with van der Waals surface area (Å²) in [4.78, 5) is 0. The quantitative estimate of drug-likeness (QED) is 0.722. The van der Waals surface area contributed by atoms with E-state index in [4.69, 9.17) is 14.2 Å². The zero-order valence-electron chi connectivity index (χ0n) is 10.8. The maximum absolute atomic E-state index is 5.30. The van der Waals surface area contributed by atoms with E-state index in [1.807, 2.05) is 49.4 Å². The average molecular weight is 256 g/mol. The van der Waals surface area contributed by atoms with Gasteiger partial charge in [0.1, 0.15) is 5.75 Å². The first-order valence-corrected chi connectivity index (χ1v) is 6.46. The third-order valence-electron chi connectivity index (χ3n) is 3.04. The van der Waals surface area contributed by atoms with Crippen molar-refractivity contribution >= 4 is 0 Å². The lowest BCUT2D eigenvalue weighted by molar-refractivity contribution is 0.0678. The molecule has 0 atom stereocenters. The van der Waals surface area contributed by atoms with Gasteiger partial charge in [0.15, 0.2) is 11.5 Å². The molecule has 4 rings (SSSR count). The first kappa shape index (κ1) is 11.9. The highest BCUT2D eigenvalue weighted by molar-refractivity contribution is 5.41. The lowest BCUT2D eigenvalue weighted by Gasteiger charge is -1.99. The van der Waals surface area contributed by atoms with Crippen molar-refractivity contribution in [2.45, 2.75) is 19.6 Å². The molecule has 3 heteroatoms. The molecule has 0 radical (unpaired) electrons. The van der Waals surface area contributed by atoms with Gasteiger partial charge in [0.25, 0.3) is 0 Å². The first-order chi connectivity index (χ1) is 9.33. The van der Waals surface area contributed by atoms with Crippen molar-refractivity contribution in [2.75, 3.05) is 6.61 Å². The molecule has 0 aliphatic carbocycles. The van der Waals surface area contributed by atoms with Crippen LogP contribution in [0.15, 0.2) is 48.5 Å². The fourth-order valence-corrected chi connectivity index (χ4v) is 2.15. The standard InChI is InChI=1S/C8H8O2.C8H8O/c1-6-9-7-4-2-3-5-8(7)10-6;1-2-4-8-7(3-1)5-6-9-8/h2-6H,1H3;1-4H,5-6H2. The Hall–Kier alpha value is -2.16. The minimum absolute atomic E-state index is 0.127. The van der Waals surface area contributed by atoms with Crippen LogP contribution in [-0.2, 0) is 6.42 Å². The van der Waals surface area contributed by atoms with Crippen LogP contribution in [0.2, 0.25) is 0 Å². The number of ether oxygens (including phenoxy) is 3. The molecule has 0 saturated heterocycles. The second kappa shape index (κ2) is 5.22. The summed E-state index contributed by atoms with van der Waals surface area (Å²) in [6, 6.07) is 15.8. The van der Waals surface area contributed by atoms with E-state index in [0.717, 1.165) is 30.3 Å². The smallest absolute Gasteiger partial charge is 0.238 e. The molecule has 0 bridgehead atoms. The minimum Gasteiger partial charge on any atom is -0.493 e. The second-order valence-corrected chi connectivity index (χ2v) is 4.46. The Labute approximate surface area is 112 Å². The third kappa shape index (κ3) is 2.65. The summed E-state index contributed by atoms with van der Waals surface area (Å²) in [5, 5.41) is 0. The molecule has 98 valence electrons. The fraction of sp³-hybridized carbons (Fsp3) is 0.250. The molecule has 0 fully saturated rings. The van der Waals surface area contributed by atoms with Crippen LogP contribution >= 0.6 is 0 Å². The summed E-state index contributed by atoms with van der Waals surface area (Å²) in [6.07, 6.45) is 0.952. The molecule has 0 spiro atoms. The van der Waals surface area contributed by atoms with E-state index in [-0.39, 0.29) is 6.29 Å². The highest BCUT2D eigenvalue weighted by Crippen LogP contribution is 2.33. The van der Waals surface area contributed by atoms with Gasteiger partial charge in [-0.1, -0.05) is 30.3 Å². The van der Waals surface area contributed by atoms with Gasteiger partial charge in [-0.3, -0.25) is 0 Å². The average Bonchev–Trinajstić information content (AvgIpc) is 3.03. The van der Waals surface area contributed by atoms with Crippen molar-refractivity contribution in [3.8, 4) is 17.2 Å². The zero-order chi connectivity index (χ0) is 13.1. The molecule has 0 saturated carbocycles.